The van der Waals surface area contributed by atoms with Crippen LogP contribution >= 0.6 is 15.9 Å². The number of halogens is 1. The molecule has 3 aromatic rings. The minimum absolute atomic E-state index is 0.356. The molecule has 0 saturated heterocycles. The fourth-order valence-corrected chi connectivity index (χ4v) is 2.71. The Labute approximate surface area is 141 Å². The average molecular weight is 369 g/mol. The number of hydrogen-bond acceptors (Lipinski definition) is 2. The van der Waals surface area contributed by atoms with Crippen LogP contribution in [0.5, 0.6) is 0 Å². The molecule has 4 nitrogen and oxygen atoms in total. The van der Waals surface area contributed by atoms with Crippen LogP contribution in [-0.2, 0) is 0 Å². The molecular formula is C18H13BrN2O2. The molecule has 0 aliphatic rings. The Balaban J connectivity index is 1.75. The Hall–Kier alpha value is -2.66. The zero-order chi connectivity index (χ0) is 16.2. The van der Waals surface area contributed by atoms with Crippen molar-refractivity contribution in [3.63, 3.8) is 0 Å². The summed E-state index contributed by atoms with van der Waals surface area (Å²) in [4.78, 5) is 24.4. The van der Waals surface area contributed by atoms with Gasteiger partial charge in [-0.15, -0.1) is 0 Å². The zero-order valence-corrected chi connectivity index (χ0v) is 13.6. The Kier molecular flexibility index (Phi) is 4.39. The number of fused-ring (bicyclic) bond motifs is 1. The molecule has 3 rings (SSSR count). The van der Waals surface area contributed by atoms with Crippen LogP contribution in [-0.4, -0.2) is 11.8 Å². The molecule has 0 spiro atoms. The molecule has 0 aliphatic carbocycles. The third-order valence-electron chi connectivity index (χ3n) is 3.41. The number of carbonyl (C=O) groups excluding carboxylic acids is 2. The highest BCUT2D eigenvalue weighted by Crippen LogP contribution is 2.18. The van der Waals surface area contributed by atoms with Crippen molar-refractivity contribution in [2.75, 3.05) is 0 Å². The second-order valence-electron chi connectivity index (χ2n) is 4.95. The third kappa shape index (κ3) is 3.40. The first-order valence-corrected chi connectivity index (χ1v) is 7.78. The molecule has 0 aliphatic heterocycles. The summed E-state index contributed by atoms with van der Waals surface area (Å²) in [6.45, 7) is 0. The van der Waals surface area contributed by atoms with Gasteiger partial charge in [-0.25, -0.2) is 0 Å². The number of nitrogens with one attached hydrogen (secondary N) is 2. The summed E-state index contributed by atoms with van der Waals surface area (Å²) in [6, 6.07) is 20.0. The minimum Gasteiger partial charge on any atom is -0.267 e. The summed E-state index contributed by atoms with van der Waals surface area (Å²) in [5, 5.41) is 1.81. The number of rotatable bonds is 2. The van der Waals surface area contributed by atoms with Crippen molar-refractivity contribution in [3.8, 4) is 0 Å². The Morgan fingerprint density at radius 3 is 2.30 bits per heavy atom. The summed E-state index contributed by atoms with van der Waals surface area (Å²) in [6.07, 6.45) is 0. The predicted molar refractivity (Wildman–Crippen MR) is 93.0 cm³/mol. The molecule has 0 radical (unpaired) electrons. The first kappa shape index (κ1) is 15.2. The van der Waals surface area contributed by atoms with E-state index in [1.54, 1.807) is 24.3 Å². The van der Waals surface area contributed by atoms with Gasteiger partial charge in [0.05, 0.1) is 0 Å². The summed E-state index contributed by atoms with van der Waals surface area (Å²) in [7, 11) is 0. The average Bonchev–Trinajstić information content (AvgIpc) is 2.59. The molecule has 0 aromatic heterocycles. The van der Waals surface area contributed by atoms with Crippen molar-refractivity contribution in [1.82, 2.24) is 10.9 Å². The van der Waals surface area contributed by atoms with Gasteiger partial charge in [-0.2, -0.15) is 0 Å². The monoisotopic (exact) mass is 368 g/mol. The second-order valence-corrected chi connectivity index (χ2v) is 5.86. The maximum atomic E-state index is 12.3. The molecule has 3 aromatic carbocycles. The van der Waals surface area contributed by atoms with Crippen LogP contribution in [0.2, 0.25) is 0 Å². The molecule has 2 amide bonds. The van der Waals surface area contributed by atoms with Crippen LogP contribution < -0.4 is 10.9 Å². The molecule has 0 atom stereocenters. The van der Waals surface area contributed by atoms with Crippen molar-refractivity contribution < 1.29 is 9.59 Å². The highest BCUT2D eigenvalue weighted by Gasteiger charge is 2.11. The van der Waals surface area contributed by atoms with Crippen LogP contribution in [0.1, 0.15) is 20.7 Å². The Morgan fingerprint density at radius 1 is 0.783 bits per heavy atom. The van der Waals surface area contributed by atoms with E-state index in [4.69, 9.17) is 0 Å². The lowest BCUT2D eigenvalue weighted by molar-refractivity contribution is 0.0847. The van der Waals surface area contributed by atoms with E-state index in [0.29, 0.717) is 11.1 Å². The van der Waals surface area contributed by atoms with Crippen LogP contribution in [0.3, 0.4) is 0 Å². The van der Waals surface area contributed by atoms with E-state index in [2.05, 4.69) is 26.8 Å². The Bertz CT molecular complexity index is 888. The van der Waals surface area contributed by atoms with Gasteiger partial charge in [0.15, 0.2) is 0 Å². The van der Waals surface area contributed by atoms with Crippen molar-refractivity contribution in [2.24, 2.45) is 0 Å². The molecule has 114 valence electrons. The fourth-order valence-electron chi connectivity index (χ4n) is 2.31. The van der Waals surface area contributed by atoms with Crippen LogP contribution in [0, 0.1) is 0 Å². The largest absolute Gasteiger partial charge is 0.270 e. The molecule has 2 N–H and O–H groups in total. The van der Waals surface area contributed by atoms with E-state index in [9.17, 15) is 9.59 Å². The summed E-state index contributed by atoms with van der Waals surface area (Å²) in [5.41, 5.74) is 5.85. The zero-order valence-electron chi connectivity index (χ0n) is 12.0. The molecular weight excluding hydrogens is 356 g/mol. The van der Waals surface area contributed by atoms with E-state index in [0.717, 1.165) is 15.2 Å². The van der Waals surface area contributed by atoms with E-state index in [1.165, 1.54) is 0 Å². The maximum absolute atomic E-state index is 12.3. The Morgan fingerprint density at radius 2 is 1.48 bits per heavy atom. The minimum atomic E-state index is -0.375. The summed E-state index contributed by atoms with van der Waals surface area (Å²) in [5.74, 6) is -0.731. The highest BCUT2D eigenvalue weighted by molar-refractivity contribution is 9.10. The number of amides is 2. The van der Waals surface area contributed by atoms with Gasteiger partial charge in [-0.3, -0.25) is 20.4 Å². The van der Waals surface area contributed by atoms with Crippen LogP contribution in [0.15, 0.2) is 71.2 Å². The van der Waals surface area contributed by atoms with Gasteiger partial charge < -0.3 is 0 Å². The maximum Gasteiger partial charge on any atom is 0.270 e. The lowest BCUT2D eigenvalue weighted by Gasteiger charge is -2.09. The van der Waals surface area contributed by atoms with Crippen molar-refractivity contribution in [1.29, 1.82) is 0 Å². The first-order valence-electron chi connectivity index (χ1n) is 6.99. The van der Waals surface area contributed by atoms with Crippen LogP contribution in [0.25, 0.3) is 10.8 Å². The van der Waals surface area contributed by atoms with Crippen molar-refractivity contribution in [3.05, 3.63) is 82.3 Å². The fraction of sp³-hybridized carbons (Fsp3) is 0. The van der Waals surface area contributed by atoms with Gasteiger partial charge in [-0.1, -0.05) is 58.4 Å². The van der Waals surface area contributed by atoms with Crippen LogP contribution in [0.4, 0.5) is 0 Å². The lowest BCUT2D eigenvalue weighted by Crippen LogP contribution is -2.41. The van der Waals surface area contributed by atoms with Gasteiger partial charge in [0, 0.05) is 15.6 Å². The van der Waals surface area contributed by atoms with E-state index >= 15 is 0 Å². The highest BCUT2D eigenvalue weighted by atomic mass is 79.9. The van der Waals surface area contributed by atoms with Gasteiger partial charge >= 0.3 is 0 Å². The molecule has 0 unspecified atom stereocenters. The molecule has 0 saturated carbocycles. The SMILES string of the molecule is O=C(NNC(=O)c1cccc2ccccc12)c1cccc(Br)c1. The van der Waals surface area contributed by atoms with E-state index in [-0.39, 0.29) is 11.8 Å². The van der Waals surface area contributed by atoms with Crippen molar-refractivity contribution >= 4 is 38.5 Å². The van der Waals surface area contributed by atoms with E-state index < -0.39 is 0 Å². The first-order chi connectivity index (χ1) is 11.1. The lowest BCUT2D eigenvalue weighted by atomic mass is 10.0. The van der Waals surface area contributed by atoms with Gasteiger partial charge in [0.2, 0.25) is 0 Å². The van der Waals surface area contributed by atoms with E-state index in [1.807, 2.05) is 42.5 Å². The second kappa shape index (κ2) is 6.62. The third-order valence-corrected chi connectivity index (χ3v) is 3.90. The standard InChI is InChI=1S/C18H13BrN2O2/c19-14-8-3-7-13(11-14)17(22)20-21-18(23)16-10-4-6-12-5-1-2-9-15(12)16/h1-11H,(H,20,22)(H,21,23). The molecule has 0 bridgehead atoms. The molecule has 0 fully saturated rings. The number of hydrazine groups is 1. The molecule has 0 heterocycles. The van der Waals surface area contributed by atoms with Gasteiger partial charge in [0.1, 0.15) is 0 Å². The van der Waals surface area contributed by atoms with Gasteiger partial charge in [0.25, 0.3) is 11.8 Å². The summed E-state index contributed by atoms with van der Waals surface area (Å²) >= 11 is 3.31. The number of benzene rings is 3. The molecule has 23 heavy (non-hydrogen) atoms. The predicted octanol–water partition coefficient (Wildman–Crippen LogP) is 3.68. The molecule has 5 heteroatoms. The van der Waals surface area contributed by atoms with Crippen molar-refractivity contribution in [2.45, 2.75) is 0 Å². The number of carbonyl (C=O) groups is 2. The normalized spacial score (nSPS) is 10.3. The quantitative estimate of drug-likeness (QED) is 0.677. The smallest absolute Gasteiger partial charge is 0.267 e. The summed E-state index contributed by atoms with van der Waals surface area (Å²) < 4.78 is 0.797. The number of hydrogen-bond donors (Lipinski definition) is 2. The topological polar surface area (TPSA) is 58.2 Å². The van der Waals surface area contributed by atoms with Gasteiger partial charge in [-0.05, 0) is 35.0 Å².